The predicted molar refractivity (Wildman–Crippen MR) is 50.3 cm³/mol. The molecule has 0 aliphatic carbocycles. The second kappa shape index (κ2) is 2.84. The van der Waals surface area contributed by atoms with Gasteiger partial charge in [-0.15, -0.1) is 0 Å². The van der Waals surface area contributed by atoms with Crippen LogP contribution in [0.3, 0.4) is 0 Å². The van der Waals surface area contributed by atoms with Gasteiger partial charge in [-0.2, -0.15) is 0 Å². The molecule has 0 bridgehead atoms. The number of hydrogen-bond donors (Lipinski definition) is 0. The van der Waals surface area contributed by atoms with Gasteiger partial charge in [-0.3, -0.25) is 0 Å². The molecule has 0 N–H and O–H groups in total. The quantitative estimate of drug-likeness (QED) is 0.609. The molecule has 0 fully saturated rings. The van der Waals surface area contributed by atoms with Crippen molar-refractivity contribution in [3.05, 3.63) is 18.2 Å². The van der Waals surface area contributed by atoms with Crippen LogP contribution in [0, 0.1) is 5.41 Å². The Morgan fingerprint density at radius 1 is 1.54 bits per heavy atom. The zero-order valence-electron chi connectivity index (χ0n) is 8.45. The number of ether oxygens (including phenoxy) is 1. The van der Waals surface area contributed by atoms with Crippen molar-refractivity contribution in [3.8, 4) is 0 Å². The molecule has 1 aromatic heterocycles. The maximum Gasteiger partial charge on any atom is 0.124 e. The largest absolute Gasteiger partial charge is 0.357 e. The van der Waals surface area contributed by atoms with E-state index in [1.165, 1.54) is 5.69 Å². The highest BCUT2D eigenvalue weighted by Gasteiger charge is 2.29. The van der Waals surface area contributed by atoms with Gasteiger partial charge < -0.3 is 9.30 Å². The third-order valence-electron chi connectivity index (χ3n) is 2.57. The van der Waals surface area contributed by atoms with E-state index in [9.17, 15) is 0 Å². The number of hydrogen-bond acceptors (Lipinski definition) is 2. The summed E-state index contributed by atoms with van der Waals surface area (Å²) in [5.41, 5.74) is 1.50. The number of nitrogens with zero attached hydrogens (tertiary/aromatic N) is 2. The lowest BCUT2D eigenvalue weighted by molar-refractivity contribution is -0.0692. The van der Waals surface area contributed by atoms with Crippen LogP contribution in [0.15, 0.2) is 12.5 Å². The maximum atomic E-state index is 5.75. The Morgan fingerprint density at radius 3 is 3.00 bits per heavy atom. The second-order valence-electron chi connectivity index (χ2n) is 4.71. The smallest absolute Gasteiger partial charge is 0.124 e. The van der Waals surface area contributed by atoms with Crippen LogP contribution in [-0.2, 0) is 17.9 Å². The Labute approximate surface area is 78.7 Å². The molecule has 3 nitrogen and oxygen atoms in total. The van der Waals surface area contributed by atoms with E-state index >= 15 is 0 Å². The van der Waals surface area contributed by atoms with Gasteiger partial charge in [0, 0.05) is 18.3 Å². The topological polar surface area (TPSA) is 27.1 Å². The fraction of sp³-hybridized carbons (Fsp3) is 0.700. The first-order valence-electron chi connectivity index (χ1n) is 4.68. The Bertz CT molecular complexity index is 298. The molecule has 1 aliphatic heterocycles. The average Bonchev–Trinajstić information content (AvgIpc) is 2.47. The minimum atomic E-state index is 0.218. The number of fused-ring (bicyclic) bond motifs is 1. The van der Waals surface area contributed by atoms with Gasteiger partial charge in [-0.1, -0.05) is 20.8 Å². The van der Waals surface area contributed by atoms with Crippen LogP contribution in [-0.4, -0.2) is 15.7 Å². The van der Waals surface area contributed by atoms with Crippen molar-refractivity contribution < 1.29 is 4.74 Å². The molecule has 72 valence electrons. The Hall–Kier alpha value is -0.830. The molecule has 13 heavy (non-hydrogen) atoms. The molecule has 1 aromatic rings. The normalized spacial score (nSPS) is 22.8. The summed E-state index contributed by atoms with van der Waals surface area (Å²) in [4.78, 5) is 4.10. The van der Waals surface area contributed by atoms with Crippen molar-refractivity contribution in [2.45, 2.75) is 40.0 Å². The third kappa shape index (κ3) is 1.61. The molecule has 0 aromatic carbocycles. The highest BCUT2D eigenvalue weighted by atomic mass is 16.5. The highest BCUT2D eigenvalue weighted by Crippen LogP contribution is 2.28. The van der Waals surface area contributed by atoms with Crippen LogP contribution in [0.4, 0.5) is 0 Å². The molecule has 0 amide bonds. The van der Waals surface area contributed by atoms with E-state index < -0.39 is 0 Å². The fourth-order valence-corrected chi connectivity index (χ4v) is 1.61. The third-order valence-corrected chi connectivity index (χ3v) is 2.57. The minimum absolute atomic E-state index is 0.218. The lowest BCUT2D eigenvalue weighted by Gasteiger charge is -2.34. The van der Waals surface area contributed by atoms with E-state index in [0.717, 1.165) is 6.42 Å². The van der Waals surface area contributed by atoms with Gasteiger partial charge in [0.1, 0.15) is 6.73 Å². The van der Waals surface area contributed by atoms with Crippen molar-refractivity contribution in [2.24, 2.45) is 5.41 Å². The summed E-state index contributed by atoms with van der Waals surface area (Å²) in [5, 5.41) is 0. The Morgan fingerprint density at radius 2 is 2.31 bits per heavy atom. The lowest BCUT2D eigenvalue weighted by atomic mass is 9.86. The predicted octanol–water partition coefficient (Wildman–Crippen LogP) is 1.83. The van der Waals surface area contributed by atoms with E-state index in [0.29, 0.717) is 12.8 Å². The molecule has 0 saturated heterocycles. The lowest BCUT2D eigenvalue weighted by Crippen LogP contribution is -2.36. The summed E-state index contributed by atoms with van der Waals surface area (Å²) in [6.45, 7) is 7.29. The van der Waals surface area contributed by atoms with Crippen LogP contribution in [0.2, 0.25) is 0 Å². The summed E-state index contributed by atoms with van der Waals surface area (Å²) in [5.74, 6) is 0. The van der Waals surface area contributed by atoms with Gasteiger partial charge >= 0.3 is 0 Å². The number of imidazole rings is 1. The minimum Gasteiger partial charge on any atom is -0.357 e. The molecule has 2 rings (SSSR count). The standard InChI is InChI=1S/C10H16N2O/c1-10(2,3)9-4-8-5-11-6-12(8)7-13-9/h5-6,9H,4,7H2,1-3H3. The van der Waals surface area contributed by atoms with E-state index in [1.54, 1.807) is 0 Å². The van der Waals surface area contributed by atoms with E-state index in [2.05, 4.69) is 30.3 Å². The first-order chi connectivity index (χ1) is 6.07. The highest BCUT2D eigenvalue weighted by molar-refractivity contribution is 5.03. The van der Waals surface area contributed by atoms with Crippen LogP contribution in [0.5, 0.6) is 0 Å². The Balaban J connectivity index is 2.18. The maximum absolute atomic E-state index is 5.75. The molecule has 0 saturated carbocycles. The van der Waals surface area contributed by atoms with Crippen molar-refractivity contribution in [1.82, 2.24) is 9.55 Å². The summed E-state index contributed by atoms with van der Waals surface area (Å²) >= 11 is 0. The fourth-order valence-electron chi connectivity index (χ4n) is 1.61. The molecule has 0 spiro atoms. The number of rotatable bonds is 0. The molecule has 0 radical (unpaired) electrons. The van der Waals surface area contributed by atoms with E-state index in [1.807, 2.05) is 12.5 Å². The SMILES string of the molecule is CC(C)(C)C1Cc2cncn2CO1. The molecule has 1 aliphatic rings. The summed E-state index contributed by atoms with van der Waals surface area (Å²) in [6.07, 6.45) is 5.05. The molecule has 1 atom stereocenters. The van der Waals surface area contributed by atoms with Crippen molar-refractivity contribution in [2.75, 3.05) is 0 Å². The second-order valence-corrected chi connectivity index (χ2v) is 4.71. The monoisotopic (exact) mass is 180 g/mol. The van der Waals surface area contributed by atoms with Crippen LogP contribution in [0.1, 0.15) is 26.5 Å². The van der Waals surface area contributed by atoms with Crippen LogP contribution in [0.25, 0.3) is 0 Å². The average molecular weight is 180 g/mol. The molecule has 2 heterocycles. The summed E-state index contributed by atoms with van der Waals surface area (Å²) < 4.78 is 7.81. The van der Waals surface area contributed by atoms with E-state index in [-0.39, 0.29) is 5.41 Å². The van der Waals surface area contributed by atoms with Gasteiger partial charge in [-0.05, 0) is 5.41 Å². The zero-order chi connectivity index (χ0) is 9.47. The van der Waals surface area contributed by atoms with Crippen LogP contribution < -0.4 is 0 Å². The summed E-state index contributed by atoms with van der Waals surface area (Å²) in [7, 11) is 0. The zero-order valence-corrected chi connectivity index (χ0v) is 8.45. The van der Waals surface area contributed by atoms with Gasteiger partial charge in [-0.25, -0.2) is 4.98 Å². The summed E-state index contributed by atoms with van der Waals surface area (Å²) in [6, 6.07) is 0. The first kappa shape index (κ1) is 8.75. The Kier molecular flexibility index (Phi) is 1.91. The molecule has 1 unspecified atom stereocenters. The van der Waals surface area contributed by atoms with Gasteiger partial charge in [0.25, 0.3) is 0 Å². The first-order valence-corrected chi connectivity index (χ1v) is 4.68. The molecule has 3 heteroatoms. The van der Waals surface area contributed by atoms with Gasteiger partial charge in [0.05, 0.1) is 12.4 Å². The van der Waals surface area contributed by atoms with E-state index in [4.69, 9.17) is 4.74 Å². The molecular weight excluding hydrogens is 164 g/mol. The van der Waals surface area contributed by atoms with Gasteiger partial charge in [0.15, 0.2) is 0 Å². The number of aromatic nitrogens is 2. The van der Waals surface area contributed by atoms with Crippen molar-refractivity contribution >= 4 is 0 Å². The molecular formula is C10H16N2O. The van der Waals surface area contributed by atoms with Crippen molar-refractivity contribution in [1.29, 1.82) is 0 Å². The van der Waals surface area contributed by atoms with Gasteiger partial charge in [0.2, 0.25) is 0 Å². The van der Waals surface area contributed by atoms with Crippen LogP contribution >= 0.6 is 0 Å². The van der Waals surface area contributed by atoms with Crippen molar-refractivity contribution in [3.63, 3.8) is 0 Å².